The minimum absolute atomic E-state index is 0.00791. The third-order valence-corrected chi connectivity index (χ3v) is 3.50. The summed E-state index contributed by atoms with van der Waals surface area (Å²) in [5.41, 5.74) is 1.76. The van der Waals surface area contributed by atoms with Crippen LogP contribution in [0.15, 0.2) is 48.7 Å². The number of anilines is 1. The lowest BCUT2D eigenvalue weighted by Gasteiger charge is -2.21. The topological polar surface area (TPSA) is 54.5 Å². The Morgan fingerprint density at radius 3 is 2.74 bits per heavy atom. The Morgan fingerprint density at radius 1 is 1.26 bits per heavy atom. The summed E-state index contributed by atoms with van der Waals surface area (Å²) in [5, 5.41) is 3.14. The fourth-order valence-electron chi connectivity index (χ4n) is 2.26. The van der Waals surface area contributed by atoms with Crippen molar-refractivity contribution in [3.05, 3.63) is 59.8 Å². The molecular formula is C18H23N3O2. The molecule has 0 bridgehead atoms. The molecular weight excluding hydrogens is 290 g/mol. The molecule has 5 nitrogen and oxygen atoms in total. The number of nitrogens with one attached hydrogen (secondary N) is 1. The van der Waals surface area contributed by atoms with Gasteiger partial charge in [-0.2, -0.15) is 0 Å². The van der Waals surface area contributed by atoms with Crippen molar-refractivity contribution < 1.29 is 9.53 Å². The molecule has 0 atom stereocenters. The third-order valence-electron chi connectivity index (χ3n) is 3.50. The van der Waals surface area contributed by atoms with Crippen molar-refractivity contribution >= 4 is 11.7 Å². The van der Waals surface area contributed by atoms with Crippen LogP contribution in [0.25, 0.3) is 0 Å². The summed E-state index contributed by atoms with van der Waals surface area (Å²) < 4.78 is 5.00. The van der Waals surface area contributed by atoms with E-state index in [1.807, 2.05) is 42.2 Å². The minimum atomic E-state index is 0.00791. The average molecular weight is 313 g/mol. The van der Waals surface area contributed by atoms with Gasteiger partial charge in [0.2, 0.25) is 0 Å². The van der Waals surface area contributed by atoms with Crippen LogP contribution >= 0.6 is 0 Å². The van der Waals surface area contributed by atoms with E-state index < -0.39 is 0 Å². The fourth-order valence-corrected chi connectivity index (χ4v) is 2.26. The van der Waals surface area contributed by atoms with Crippen LogP contribution in [0.1, 0.15) is 22.8 Å². The number of rotatable bonds is 8. The number of hydrogen-bond donors (Lipinski definition) is 1. The van der Waals surface area contributed by atoms with Gasteiger partial charge in [-0.1, -0.05) is 30.3 Å². The molecule has 0 radical (unpaired) electrons. The molecule has 2 rings (SSSR count). The molecule has 0 aliphatic heterocycles. The predicted molar refractivity (Wildman–Crippen MR) is 91.5 cm³/mol. The van der Waals surface area contributed by atoms with Gasteiger partial charge in [-0.15, -0.1) is 0 Å². The van der Waals surface area contributed by atoms with E-state index in [4.69, 9.17) is 4.74 Å². The standard InChI is InChI=1S/C18H23N3O2/c1-3-21(14-15-7-5-4-6-8-15)18(22)16-9-10-19-17(13-16)20-11-12-23-2/h4-10,13H,3,11-12,14H2,1-2H3,(H,19,20). The highest BCUT2D eigenvalue weighted by molar-refractivity contribution is 5.94. The highest BCUT2D eigenvalue weighted by Crippen LogP contribution is 2.12. The summed E-state index contributed by atoms with van der Waals surface area (Å²) in [4.78, 5) is 18.8. The maximum atomic E-state index is 12.7. The van der Waals surface area contributed by atoms with Crippen LogP contribution in [0.5, 0.6) is 0 Å². The molecule has 122 valence electrons. The van der Waals surface area contributed by atoms with E-state index >= 15 is 0 Å². The molecule has 1 amide bonds. The van der Waals surface area contributed by atoms with Gasteiger partial charge in [-0.05, 0) is 24.6 Å². The van der Waals surface area contributed by atoms with E-state index in [0.29, 0.717) is 37.6 Å². The van der Waals surface area contributed by atoms with Crippen molar-refractivity contribution in [3.63, 3.8) is 0 Å². The van der Waals surface area contributed by atoms with Gasteiger partial charge in [0, 0.05) is 38.5 Å². The zero-order valence-electron chi connectivity index (χ0n) is 13.7. The van der Waals surface area contributed by atoms with Crippen LogP contribution < -0.4 is 5.32 Å². The summed E-state index contributed by atoms with van der Waals surface area (Å²) in [5.74, 6) is 0.692. The van der Waals surface area contributed by atoms with E-state index in [2.05, 4.69) is 10.3 Å². The van der Waals surface area contributed by atoms with Gasteiger partial charge in [0.25, 0.3) is 5.91 Å². The highest BCUT2D eigenvalue weighted by atomic mass is 16.5. The second-order valence-corrected chi connectivity index (χ2v) is 5.15. The third kappa shape index (κ3) is 5.07. The van der Waals surface area contributed by atoms with Crippen LogP contribution in [0.2, 0.25) is 0 Å². The SMILES string of the molecule is CCN(Cc1ccccc1)C(=O)c1ccnc(NCCOC)c1. The molecule has 0 fully saturated rings. The Morgan fingerprint density at radius 2 is 2.04 bits per heavy atom. The van der Waals surface area contributed by atoms with Crippen molar-refractivity contribution in [1.82, 2.24) is 9.88 Å². The second kappa shape index (κ2) is 8.90. The summed E-state index contributed by atoms with van der Waals surface area (Å²) in [6.07, 6.45) is 1.65. The number of carbonyl (C=O) groups is 1. The van der Waals surface area contributed by atoms with Crippen LogP contribution in [0.4, 0.5) is 5.82 Å². The number of nitrogens with zero attached hydrogens (tertiary/aromatic N) is 2. The number of methoxy groups -OCH3 is 1. The predicted octanol–water partition coefficient (Wildman–Crippen LogP) is 2.80. The van der Waals surface area contributed by atoms with Gasteiger partial charge < -0.3 is 15.0 Å². The van der Waals surface area contributed by atoms with E-state index in [1.165, 1.54) is 0 Å². The first-order valence-corrected chi connectivity index (χ1v) is 7.76. The molecule has 0 saturated heterocycles. The van der Waals surface area contributed by atoms with E-state index in [9.17, 15) is 4.79 Å². The summed E-state index contributed by atoms with van der Waals surface area (Å²) in [6.45, 7) is 4.49. The molecule has 0 aliphatic carbocycles. The quantitative estimate of drug-likeness (QED) is 0.761. The van der Waals surface area contributed by atoms with Crippen LogP contribution in [-0.4, -0.2) is 42.6 Å². The molecule has 1 aromatic heterocycles. The van der Waals surface area contributed by atoms with E-state index in [-0.39, 0.29) is 5.91 Å². The van der Waals surface area contributed by atoms with Crippen LogP contribution in [0.3, 0.4) is 0 Å². The van der Waals surface area contributed by atoms with Crippen molar-refractivity contribution in [2.24, 2.45) is 0 Å². The molecule has 0 unspecified atom stereocenters. The number of amides is 1. The number of benzene rings is 1. The van der Waals surface area contributed by atoms with Crippen LogP contribution in [0, 0.1) is 0 Å². The summed E-state index contributed by atoms with van der Waals surface area (Å²) >= 11 is 0. The van der Waals surface area contributed by atoms with Gasteiger partial charge in [0.05, 0.1) is 6.61 Å². The zero-order chi connectivity index (χ0) is 16.5. The van der Waals surface area contributed by atoms with Crippen molar-refractivity contribution in [3.8, 4) is 0 Å². The second-order valence-electron chi connectivity index (χ2n) is 5.15. The Labute approximate surface area is 137 Å². The first-order chi connectivity index (χ1) is 11.2. The van der Waals surface area contributed by atoms with Gasteiger partial charge in [-0.25, -0.2) is 4.98 Å². The molecule has 23 heavy (non-hydrogen) atoms. The fraction of sp³-hybridized carbons (Fsp3) is 0.333. The number of aromatic nitrogens is 1. The summed E-state index contributed by atoms with van der Waals surface area (Å²) in [7, 11) is 1.65. The van der Waals surface area contributed by atoms with Crippen molar-refractivity contribution in [1.29, 1.82) is 0 Å². The van der Waals surface area contributed by atoms with Crippen LogP contribution in [-0.2, 0) is 11.3 Å². The Hall–Kier alpha value is -2.40. The number of pyridine rings is 1. The molecule has 0 saturated carbocycles. The molecule has 0 aliphatic rings. The lowest BCUT2D eigenvalue weighted by Crippen LogP contribution is -2.30. The van der Waals surface area contributed by atoms with Crippen molar-refractivity contribution in [2.75, 3.05) is 32.1 Å². The molecule has 0 spiro atoms. The summed E-state index contributed by atoms with van der Waals surface area (Å²) in [6, 6.07) is 13.5. The number of carbonyl (C=O) groups excluding carboxylic acids is 1. The lowest BCUT2D eigenvalue weighted by molar-refractivity contribution is 0.0752. The van der Waals surface area contributed by atoms with Gasteiger partial charge in [-0.3, -0.25) is 4.79 Å². The Kier molecular flexibility index (Phi) is 6.56. The maximum Gasteiger partial charge on any atom is 0.254 e. The molecule has 5 heteroatoms. The average Bonchev–Trinajstić information content (AvgIpc) is 2.60. The number of ether oxygens (including phenoxy) is 1. The lowest BCUT2D eigenvalue weighted by atomic mass is 10.2. The minimum Gasteiger partial charge on any atom is -0.383 e. The largest absolute Gasteiger partial charge is 0.383 e. The molecule has 1 N–H and O–H groups in total. The number of hydrogen-bond acceptors (Lipinski definition) is 4. The molecule has 1 heterocycles. The van der Waals surface area contributed by atoms with E-state index in [1.54, 1.807) is 25.4 Å². The van der Waals surface area contributed by atoms with Gasteiger partial charge in [0.1, 0.15) is 5.82 Å². The normalized spacial score (nSPS) is 10.3. The maximum absolute atomic E-state index is 12.7. The van der Waals surface area contributed by atoms with Crippen molar-refractivity contribution in [2.45, 2.75) is 13.5 Å². The Balaban J connectivity index is 2.06. The van der Waals surface area contributed by atoms with E-state index in [0.717, 1.165) is 5.56 Å². The monoisotopic (exact) mass is 313 g/mol. The zero-order valence-corrected chi connectivity index (χ0v) is 13.7. The highest BCUT2D eigenvalue weighted by Gasteiger charge is 2.15. The van der Waals surface area contributed by atoms with Gasteiger partial charge in [0.15, 0.2) is 0 Å². The Bertz CT molecular complexity index is 617. The first kappa shape index (κ1) is 17.0. The van der Waals surface area contributed by atoms with Gasteiger partial charge >= 0.3 is 0 Å². The first-order valence-electron chi connectivity index (χ1n) is 7.76. The smallest absolute Gasteiger partial charge is 0.254 e. The molecule has 1 aromatic carbocycles. The molecule has 2 aromatic rings.